The average Bonchev–Trinajstić information content (AvgIpc) is 2.70. The molecule has 18 heavy (non-hydrogen) atoms. The normalized spacial score (nSPS) is 18.4. The minimum atomic E-state index is -3.44. The van der Waals surface area contributed by atoms with Crippen LogP contribution >= 0.6 is 0 Å². The van der Waals surface area contributed by atoms with E-state index in [1.54, 1.807) is 24.7 Å². The van der Waals surface area contributed by atoms with E-state index in [1.165, 1.54) is 10.7 Å². The molecule has 6 heteroatoms. The third-order valence-electron chi connectivity index (χ3n) is 3.82. The van der Waals surface area contributed by atoms with Gasteiger partial charge in [-0.25, -0.2) is 13.4 Å². The summed E-state index contributed by atoms with van der Waals surface area (Å²) in [6, 6.07) is 0.131. The first-order valence-electron chi connectivity index (χ1n) is 6.41. The first kappa shape index (κ1) is 13.5. The van der Waals surface area contributed by atoms with Crippen molar-refractivity contribution < 1.29 is 8.42 Å². The molecule has 0 unspecified atom stereocenters. The first-order valence-corrected chi connectivity index (χ1v) is 7.85. The van der Waals surface area contributed by atoms with Gasteiger partial charge in [0.25, 0.3) is 10.0 Å². The third-order valence-corrected chi connectivity index (χ3v) is 5.60. The van der Waals surface area contributed by atoms with E-state index in [4.69, 9.17) is 0 Å². The van der Waals surface area contributed by atoms with Crippen LogP contribution in [0.4, 0.5) is 0 Å². The van der Waals surface area contributed by atoms with Crippen LogP contribution in [0.3, 0.4) is 0 Å². The van der Waals surface area contributed by atoms with Gasteiger partial charge in [0.1, 0.15) is 5.82 Å². The van der Waals surface area contributed by atoms with Gasteiger partial charge in [-0.15, -0.1) is 0 Å². The van der Waals surface area contributed by atoms with E-state index in [9.17, 15) is 8.42 Å². The average molecular weight is 271 g/mol. The van der Waals surface area contributed by atoms with E-state index in [2.05, 4.69) is 4.98 Å². The standard InChI is InChI=1S/C12H21N3O2S/c1-10-13-12(9-14(10)2)18(16,17)15(3)11-7-5-4-6-8-11/h9,11H,4-8H2,1-3H3. The van der Waals surface area contributed by atoms with Crippen LogP contribution in [0.2, 0.25) is 0 Å². The van der Waals surface area contributed by atoms with Crippen molar-refractivity contribution in [3.8, 4) is 0 Å². The zero-order chi connectivity index (χ0) is 13.3. The second-order valence-electron chi connectivity index (χ2n) is 5.05. The van der Waals surface area contributed by atoms with Crippen LogP contribution < -0.4 is 0 Å². The molecule has 1 aromatic heterocycles. The predicted molar refractivity (Wildman–Crippen MR) is 69.8 cm³/mol. The molecule has 1 saturated carbocycles. The summed E-state index contributed by atoms with van der Waals surface area (Å²) in [4.78, 5) is 4.13. The van der Waals surface area contributed by atoms with Gasteiger partial charge in [-0.2, -0.15) is 4.31 Å². The predicted octanol–water partition coefficient (Wildman–Crippen LogP) is 1.68. The van der Waals surface area contributed by atoms with E-state index in [0.717, 1.165) is 25.7 Å². The van der Waals surface area contributed by atoms with Crippen molar-refractivity contribution >= 4 is 10.0 Å². The molecule has 1 fully saturated rings. The molecule has 1 aromatic rings. The molecule has 1 aliphatic rings. The molecular weight excluding hydrogens is 250 g/mol. The van der Waals surface area contributed by atoms with Crippen LogP contribution in [0.25, 0.3) is 0 Å². The number of nitrogens with zero attached hydrogens (tertiary/aromatic N) is 3. The number of sulfonamides is 1. The quantitative estimate of drug-likeness (QED) is 0.840. The molecule has 0 saturated heterocycles. The van der Waals surface area contributed by atoms with E-state index >= 15 is 0 Å². The highest BCUT2D eigenvalue weighted by molar-refractivity contribution is 7.89. The van der Waals surface area contributed by atoms with Gasteiger partial charge in [-0.05, 0) is 19.8 Å². The van der Waals surface area contributed by atoms with Crippen LogP contribution in [-0.4, -0.2) is 35.4 Å². The van der Waals surface area contributed by atoms with Gasteiger partial charge in [0, 0.05) is 26.3 Å². The third kappa shape index (κ3) is 2.44. The van der Waals surface area contributed by atoms with Gasteiger partial charge >= 0.3 is 0 Å². The Labute approximate surface area is 109 Å². The van der Waals surface area contributed by atoms with Crippen LogP contribution in [0, 0.1) is 6.92 Å². The summed E-state index contributed by atoms with van der Waals surface area (Å²) in [5, 5.41) is 0.163. The van der Waals surface area contributed by atoms with E-state index in [1.807, 2.05) is 7.05 Å². The Balaban J connectivity index is 2.24. The van der Waals surface area contributed by atoms with E-state index < -0.39 is 10.0 Å². The molecule has 0 aliphatic heterocycles. The summed E-state index contributed by atoms with van der Waals surface area (Å²) in [5.74, 6) is 0.714. The molecule has 0 amide bonds. The molecule has 0 radical (unpaired) electrons. The van der Waals surface area contributed by atoms with Crippen molar-refractivity contribution in [2.24, 2.45) is 7.05 Å². The second kappa shape index (κ2) is 5.01. The SMILES string of the molecule is Cc1nc(S(=O)(=O)N(C)C2CCCCC2)cn1C. The van der Waals surface area contributed by atoms with Crippen molar-refractivity contribution in [1.82, 2.24) is 13.9 Å². The van der Waals surface area contributed by atoms with Gasteiger partial charge < -0.3 is 4.57 Å². The number of aryl methyl sites for hydroxylation is 2. The highest BCUT2D eigenvalue weighted by atomic mass is 32.2. The Hall–Kier alpha value is -0.880. The monoisotopic (exact) mass is 271 g/mol. The molecule has 0 atom stereocenters. The Morgan fingerprint density at radius 1 is 1.33 bits per heavy atom. The summed E-state index contributed by atoms with van der Waals surface area (Å²) in [6.07, 6.45) is 6.96. The Morgan fingerprint density at radius 2 is 1.94 bits per heavy atom. The van der Waals surface area contributed by atoms with Crippen molar-refractivity contribution in [1.29, 1.82) is 0 Å². The van der Waals surface area contributed by atoms with Crippen molar-refractivity contribution in [2.75, 3.05) is 7.05 Å². The smallest absolute Gasteiger partial charge is 0.262 e. The summed E-state index contributed by atoms with van der Waals surface area (Å²) in [7, 11) is 0.0445. The number of hydrogen-bond donors (Lipinski definition) is 0. The number of aromatic nitrogens is 2. The van der Waals surface area contributed by atoms with Crippen LogP contribution in [0.5, 0.6) is 0 Å². The van der Waals surface area contributed by atoms with Gasteiger partial charge in [-0.3, -0.25) is 0 Å². The van der Waals surface area contributed by atoms with Crippen LogP contribution in [-0.2, 0) is 17.1 Å². The van der Waals surface area contributed by atoms with Crippen LogP contribution in [0.15, 0.2) is 11.2 Å². The fourth-order valence-corrected chi connectivity index (χ4v) is 3.88. The zero-order valence-electron chi connectivity index (χ0n) is 11.3. The lowest BCUT2D eigenvalue weighted by Crippen LogP contribution is -2.38. The van der Waals surface area contributed by atoms with Gasteiger partial charge in [-0.1, -0.05) is 19.3 Å². The second-order valence-corrected chi connectivity index (χ2v) is 6.99. The van der Waals surface area contributed by atoms with Crippen molar-refractivity contribution in [2.45, 2.75) is 50.1 Å². The lowest BCUT2D eigenvalue weighted by atomic mass is 9.96. The highest BCUT2D eigenvalue weighted by Crippen LogP contribution is 2.25. The zero-order valence-corrected chi connectivity index (χ0v) is 12.1. The molecule has 102 valence electrons. The largest absolute Gasteiger partial charge is 0.337 e. The molecule has 5 nitrogen and oxygen atoms in total. The maximum atomic E-state index is 12.4. The highest BCUT2D eigenvalue weighted by Gasteiger charge is 2.30. The van der Waals surface area contributed by atoms with Gasteiger partial charge in [0.2, 0.25) is 0 Å². The molecule has 1 heterocycles. The molecule has 0 N–H and O–H groups in total. The first-order chi connectivity index (χ1) is 8.43. The molecule has 0 bridgehead atoms. The maximum absolute atomic E-state index is 12.4. The molecule has 0 aromatic carbocycles. The number of hydrogen-bond acceptors (Lipinski definition) is 3. The minimum absolute atomic E-state index is 0.131. The fourth-order valence-electron chi connectivity index (χ4n) is 2.44. The molecule has 0 spiro atoms. The molecular formula is C12H21N3O2S. The summed E-state index contributed by atoms with van der Waals surface area (Å²) >= 11 is 0. The summed E-state index contributed by atoms with van der Waals surface area (Å²) < 4.78 is 28.1. The topological polar surface area (TPSA) is 55.2 Å². The number of imidazole rings is 1. The minimum Gasteiger partial charge on any atom is -0.337 e. The van der Waals surface area contributed by atoms with Gasteiger partial charge in [0.15, 0.2) is 5.03 Å². The Morgan fingerprint density at radius 3 is 2.44 bits per heavy atom. The van der Waals surface area contributed by atoms with E-state index in [0.29, 0.717) is 5.82 Å². The van der Waals surface area contributed by atoms with Gasteiger partial charge in [0.05, 0.1) is 0 Å². The Bertz CT molecular complexity index is 496. The fraction of sp³-hybridized carbons (Fsp3) is 0.750. The summed E-state index contributed by atoms with van der Waals surface area (Å²) in [5.41, 5.74) is 0. The van der Waals surface area contributed by atoms with Crippen molar-refractivity contribution in [3.63, 3.8) is 0 Å². The number of rotatable bonds is 3. The summed E-state index contributed by atoms with van der Waals surface area (Å²) in [6.45, 7) is 1.81. The molecule has 2 rings (SSSR count). The maximum Gasteiger partial charge on any atom is 0.262 e. The molecule has 1 aliphatic carbocycles. The van der Waals surface area contributed by atoms with Crippen LogP contribution in [0.1, 0.15) is 37.9 Å². The Kier molecular flexibility index (Phi) is 3.77. The van der Waals surface area contributed by atoms with E-state index in [-0.39, 0.29) is 11.1 Å². The lowest BCUT2D eigenvalue weighted by Gasteiger charge is -2.29. The van der Waals surface area contributed by atoms with Crippen molar-refractivity contribution in [3.05, 3.63) is 12.0 Å². The lowest BCUT2D eigenvalue weighted by molar-refractivity contribution is 0.285.